The van der Waals surface area contributed by atoms with Crippen LogP contribution < -0.4 is 14.8 Å². The van der Waals surface area contributed by atoms with Crippen LogP contribution in [0.1, 0.15) is 36.1 Å². The van der Waals surface area contributed by atoms with Crippen LogP contribution in [0, 0.1) is 0 Å². The van der Waals surface area contributed by atoms with Crippen LogP contribution >= 0.6 is 0 Å². The van der Waals surface area contributed by atoms with Gasteiger partial charge in [0.15, 0.2) is 11.5 Å². The van der Waals surface area contributed by atoms with E-state index in [-0.39, 0.29) is 12.5 Å². The molecule has 6 nitrogen and oxygen atoms in total. The SMILES string of the molecule is COc1ccc(CCNC(=O)Cn2cc3c(n2)CCCCC3)cc1OC. The zero-order chi connectivity index (χ0) is 18.4. The van der Waals surface area contributed by atoms with Crippen molar-refractivity contribution in [1.82, 2.24) is 15.1 Å². The van der Waals surface area contributed by atoms with Gasteiger partial charge in [-0.2, -0.15) is 5.10 Å². The Kier molecular flexibility index (Phi) is 6.15. The standard InChI is InChI=1S/C20H27N3O3/c1-25-18-9-8-15(12-19(18)26-2)10-11-21-20(24)14-23-13-16-6-4-3-5-7-17(16)22-23/h8-9,12-13H,3-7,10-11,14H2,1-2H3,(H,21,24). The van der Waals surface area contributed by atoms with Gasteiger partial charge in [-0.25, -0.2) is 0 Å². The minimum absolute atomic E-state index is 0.0110. The first-order valence-electron chi connectivity index (χ1n) is 9.22. The third-order valence-corrected chi connectivity index (χ3v) is 4.77. The summed E-state index contributed by atoms with van der Waals surface area (Å²) in [6.07, 6.45) is 8.57. The Morgan fingerprint density at radius 2 is 1.96 bits per heavy atom. The average Bonchev–Trinajstić information content (AvgIpc) is 2.89. The van der Waals surface area contributed by atoms with Crippen LogP contribution in [0.4, 0.5) is 0 Å². The van der Waals surface area contributed by atoms with Gasteiger partial charge in [-0.1, -0.05) is 12.5 Å². The highest BCUT2D eigenvalue weighted by molar-refractivity contribution is 5.75. The Hall–Kier alpha value is -2.50. The molecule has 1 aromatic heterocycles. The van der Waals surface area contributed by atoms with E-state index in [0.717, 1.165) is 24.8 Å². The van der Waals surface area contributed by atoms with Gasteiger partial charge in [0.25, 0.3) is 0 Å². The van der Waals surface area contributed by atoms with Crippen molar-refractivity contribution in [2.75, 3.05) is 20.8 Å². The van der Waals surface area contributed by atoms with E-state index in [2.05, 4.69) is 10.4 Å². The van der Waals surface area contributed by atoms with Gasteiger partial charge < -0.3 is 14.8 Å². The lowest BCUT2D eigenvalue weighted by Gasteiger charge is -2.10. The third-order valence-electron chi connectivity index (χ3n) is 4.77. The fourth-order valence-corrected chi connectivity index (χ4v) is 3.37. The lowest BCUT2D eigenvalue weighted by molar-refractivity contribution is -0.121. The van der Waals surface area contributed by atoms with Crippen LogP contribution in [-0.4, -0.2) is 36.5 Å². The number of aryl methyl sites for hydroxylation is 2. The number of carbonyl (C=O) groups excluding carboxylic acids is 1. The molecule has 0 aliphatic heterocycles. The van der Waals surface area contributed by atoms with E-state index in [4.69, 9.17) is 9.47 Å². The number of carbonyl (C=O) groups is 1. The fraction of sp³-hybridized carbons (Fsp3) is 0.500. The highest BCUT2D eigenvalue weighted by atomic mass is 16.5. The zero-order valence-corrected chi connectivity index (χ0v) is 15.6. The number of nitrogens with zero attached hydrogens (tertiary/aromatic N) is 2. The number of aromatic nitrogens is 2. The number of amides is 1. The molecule has 0 bridgehead atoms. The van der Waals surface area contributed by atoms with Gasteiger partial charge in [-0.3, -0.25) is 9.48 Å². The molecular formula is C20H27N3O3. The molecule has 0 spiro atoms. The Morgan fingerprint density at radius 1 is 1.15 bits per heavy atom. The quantitative estimate of drug-likeness (QED) is 0.774. The zero-order valence-electron chi connectivity index (χ0n) is 15.6. The molecule has 0 fully saturated rings. The fourth-order valence-electron chi connectivity index (χ4n) is 3.37. The molecule has 0 saturated heterocycles. The molecule has 1 N–H and O–H groups in total. The van der Waals surface area contributed by atoms with Crippen LogP contribution in [0.5, 0.6) is 11.5 Å². The molecule has 6 heteroatoms. The van der Waals surface area contributed by atoms with E-state index in [1.54, 1.807) is 18.9 Å². The molecule has 26 heavy (non-hydrogen) atoms. The van der Waals surface area contributed by atoms with Gasteiger partial charge in [0.2, 0.25) is 5.91 Å². The Labute approximate surface area is 154 Å². The molecule has 2 aromatic rings. The summed E-state index contributed by atoms with van der Waals surface area (Å²) in [6.45, 7) is 0.855. The average molecular weight is 357 g/mol. The molecular weight excluding hydrogens is 330 g/mol. The summed E-state index contributed by atoms with van der Waals surface area (Å²) in [4.78, 5) is 12.2. The van der Waals surface area contributed by atoms with Gasteiger partial charge in [-0.15, -0.1) is 0 Å². The maximum Gasteiger partial charge on any atom is 0.241 e. The predicted octanol–water partition coefficient (Wildman–Crippen LogP) is 2.53. The van der Waals surface area contributed by atoms with Crippen molar-refractivity contribution >= 4 is 5.91 Å². The van der Waals surface area contributed by atoms with E-state index >= 15 is 0 Å². The number of nitrogens with one attached hydrogen (secondary N) is 1. The second-order valence-corrected chi connectivity index (χ2v) is 6.65. The van der Waals surface area contributed by atoms with E-state index < -0.39 is 0 Å². The van der Waals surface area contributed by atoms with Crippen molar-refractivity contribution in [2.24, 2.45) is 0 Å². The molecule has 1 aliphatic carbocycles. The molecule has 0 atom stereocenters. The second-order valence-electron chi connectivity index (χ2n) is 6.65. The van der Waals surface area contributed by atoms with E-state index in [1.165, 1.54) is 30.5 Å². The van der Waals surface area contributed by atoms with Gasteiger partial charge in [-0.05, 0) is 55.4 Å². The molecule has 0 saturated carbocycles. The van der Waals surface area contributed by atoms with Crippen molar-refractivity contribution in [3.63, 3.8) is 0 Å². The predicted molar refractivity (Wildman–Crippen MR) is 99.7 cm³/mol. The number of fused-ring (bicyclic) bond motifs is 1. The summed E-state index contributed by atoms with van der Waals surface area (Å²) >= 11 is 0. The minimum atomic E-state index is -0.0110. The summed E-state index contributed by atoms with van der Waals surface area (Å²) in [7, 11) is 3.24. The number of ether oxygens (including phenoxy) is 2. The van der Waals surface area contributed by atoms with E-state index in [0.29, 0.717) is 18.0 Å². The molecule has 1 aliphatic rings. The van der Waals surface area contributed by atoms with Crippen LogP contribution in [0.25, 0.3) is 0 Å². The van der Waals surface area contributed by atoms with Crippen LogP contribution in [0.2, 0.25) is 0 Å². The second kappa shape index (κ2) is 8.74. The highest BCUT2D eigenvalue weighted by Crippen LogP contribution is 2.27. The highest BCUT2D eigenvalue weighted by Gasteiger charge is 2.13. The van der Waals surface area contributed by atoms with Crippen molar-refractivity contribution < 1.29 is 14.3 Å². The first kappa shape index (κ1) is 18.3. The minimum Gasteiger partial charge on any atom is -0.493 e. The summed E-state index contributed by atoms with van der Waals surface area (Å²) in [5.74, 6) is 1.40. The summed E-state index contributed by atoms with van der Waals surface area (Å²) in [6, 6.07) is 5.81. The monoisotopic (exact) mass is 357 g/mol. The summed E-state index contributed by atoms with van der Waals surface area (Å²) in [5.41, 5.74) is 3.56. The Morgan fingerprint density at radius 3 is 2.77 bits per heavy atom. The van der Waals surface area contributed by atoms with Crippen molar-refractivity contribution in [1.29, 1.82) is 0 Å². The molecule has 0 radical (unpaired) electrons. The first-order valence-corrected chi connectivity index (χ1v) is 9.22. The van der Waals surface area contributed by atoms with Gasteiger partial charge >= 0.3 is 0 Å². The maximum atomic E-state index is 12.2. The Balaban J connectivity index is 1.49. The largest absolute Gasteiger partial charge is 0.493 e. The van der Waals surface area contributed by atoms with Gasteiger partial charge in [0.1, 0.15) is 6.54 Å². The van der Waals surface area contributed by atoms with Crippen LogP contribution in [-0.2, 0) is 30.6 Å². The topological polar surface area (TPSA) is 65.4 Å². The lowest BCUT2D eigenvalue weighted by atomic mass is 10.1. The first-order chi connectivity index (χ1) is 12.7. The number of rotatable bonds is 7. The number of methoxy groups -OCH3 is 2. The third kappa shape index (κ3) is 4.56. The van der Waals surface area contributed by atoms with Crippen LogP contribution in [0.15, 0.2) is 24.4 Å². The van der Waals surface area contributed by atoms with Crippen molar-refractivity contribution in [3.05, 3.63) is 41.2 Å². The molecule has 0 unspecified atom stereocenters. The lowest BCUT2D eigenvalue weighted by Crippen LogP contribution is -2.29. The van der Waals surface area contributed by atoms with E-state index in [9.17, 15) is 4.79 Å². The van der Waals surface area contributed by atoms with Gasteiger partial charge in [0, 0.05) is 12.7 Å². The molecule has 1 heterocycles. The summed E-state index contributed by atoms with van der Waals surface area (Å²) < 4.78 is 12.3. The van der Waals surface area contributed by atoms with Crippen molar-refractivity contribution in [2.45, 2.75) is 45.1 Å². The number of hydrogen-bond acceptors (Lipinski definition) is 4. The normalized spacial score (nSPS) is 13.6. The van der Waals surface area contributed by atoms with E-state index in [1.807, 2.05) is 24.4 Å². The molecule has 1 aromatic carbocycles. The molecule has 140 valence electrons. The number of hydrogen-bond donors (Lipinski definition) is 1. The molecule has 1 amide bonds. The van der Waals surface area contributed by atoms with Crippen LogP contribution in [0.3, 0.4) is 0 Å². The number of benzene rings is 1. The smallest absolute Gasteiger partial charge is 0.241 e. The van der Waals surface area contributed by atoms with Gasteiger partial charge in [0.05, 0.1) is 19.9 Å². The molecule has 3 rings (SSSR count). The summed E-state index contributed by atoms with van der Waals surface area (Å²) in [5, 5.41) is 7.55. The maximum absolute atomic E-state index is 12.2. The Bertz CT molecular complexity index is 731. The van der Waals surface area contributed by atoms with Crippen molar-refractivity contribution in [3.8, 4) is 11.5 Å².